The van der Waals surface area contributed by atoms with Crippen molar-refractivity contribution in [3.05, 3.63) is 35.9 Å². The average Bonchev–Trinajstić information content (AvgIpc) is 2.17. The van der Waals surface area contributed by atoms with Gasteiger partial charge in [-0.1, -0.05) is 30.3 Å². The third-order valence-corrected chi connectivity index (χ3v) is 3.67. The molecule has 0 radical (unpaired) electrons. The van der Waals surface area contributed by atoms with Crippen molar-refractivity contribution in [2.24, 2.45) is 11.5 Å². The second kappa shape index (κ2) is 5.09. The van der Waals surface area contributed by atoms with Crippen molar-refractivity contribution >= 4 is 15.7 Å². The van der Waals surface area contributed by atoms with E-state index >= 15 is 0 Å². The Kier molecular flexibility index (Phi) is 4.03. The highest BCUT2D eigenvalue weighted by atomic mass is 32.2. The summed E-state index contributed by atoms with van der Waals surface area (Å²) in [5.41, 5.74) is 10.9. The zero-order valence-electron chi connectivity index (χ0n) is 8.67. The van der Waals surface area contributed by atoms with Gasteiger partial charge in [0.1, 0.15) is 0 Å². The number of benzene rings is 1. The minimum Gasteiger partial charge on any atom is -0.368 e. The summed E-state index contributed by atoms with van der Waals surface area (Å²) in [5.74, 6) is -1.36. The Balaban J connectivity index is 2.70. The van der Waals surface area contributed by atoms with Crippen LogP contribution < -0.4 is 11.5 Å². The molecular weight excluding hydrogens is 228 g/mol. The molecule has 1 rings (SSSR count). The monoisotopic (exact) mass is 242 g/mol. The van der Waals surface area contributed by atoms with Crippen molar-refractivity contribution in [2.75, 3.05) is 5.75 Å². The Bertz CT molecular complexity index is 456. The van der Waals surface area contributed by atoms with Crippen LogP contribution in [-0.2, 0) is 20.4 Å². The van der Waals surface area contributed by atoms with E-state index in [9.17, 15) is 13.2 Å². The number of primary amides is 1. The molecule has 1 aromatic rings. The topological polar surface area (TPSA) is 103 Å². The number of amides is 1. The molecule has 0 fully saturated rings. The fourth-order valence-corrected chi connectivity index (χ4v) is 2.77. The van der Waals surface area contributed by atoms with E-state index in [2.05, 4.69) is 0 Å². The van der Waals surface area contributed by atoms with Crippen molar-refractivity contribution in [3.8, 4) is 0 Å². The van der Waals surface area contributed by atoms with Gasteiger partial charge in [0, 0.05) is 0 Å². The lowest BCUT2D eigenvalue weighted by Gasteiger charge is -2.08. The lowest BCUT2D eigenvalue weighted by molar-refractivity contribution is -0.118. The fourth-order valence-electron chi connectivity index (χ4n) is 1.24. The summed E-state index contributed by atoms with van der Waals surface area (Å²) < 4.78 is 23.3. The molecular formula is C10H14N2O3S. The van der Waals surface area contributed by atoms with Crippen LogP contribution in [0.3, 0.4) is 0 Å². The van der Waals surface area contributed by atoms with Gasteiger partial charge in [0.2, 0.25) is 5.91 Å². The van der Waals surface area contributed by atoms with Gasteiger partial charge in [0.05, 0.1) is 17.5 Å². The highest BCUT2D eigenvalue weighted by Crippen LogP contribution is 2.06. The van der Waals surface area contributed by atoms with E-state index in [0.29, 0.717) is 5.56 Å². The molecule has 0 saturated heterocycles. The summed E-state index contributed by atoms with van der Waals surface area (Å²) >= 11 is 0. The molecule has 0 saturated carbocycles. The van der Waals surface area contributed by atoms with Crippen molar-refractivity contribution in [2.45, 2.75) is 11.8 Å². The van der Waals surface area contributed by atoms with Gasteiger partial charge >= 0.3 is 0 Å². The normalized spacial score (nSPS) is 13.3. The lowest BCUT2D eigenvalue weighted by atomic mass is 10.2. The molecule has 0 aromatic heterocycles. The summed E-state index contributed by atoms with van der Waals surface area (Å²) in [6.45, 7) is 0. The Labute approximate surface area is 94.4 Å². The van der Waals surface area contributed by atoms with Crippen LogP contribution >= 0.6 is 0 Å². The molecule has 0 spiro atoms. The van der Waals surface area contributed by atoms with Crippen LogP contribution in [0, 0.1) is 0 Å². The number of nitrogens with two attached hydrogens (primary N) is 2. The van der Waals surface area contributed by atoms with Crippen LogP contribution in [0.1, 0.15) is 5.56 Å². The number of hydrogen-bond acceptors (Lipinski definition) is 4. The molecule has 6 heteroatoms. The first-order valence-corrected chi connectivity index (χ1v) is 6.52. The Morgan fingerprint density at radius 2 is 1.81 bits per heavy atom. The van der Waals surface area contributed by atoms with Crippen molar-refractivity contribution in [3.63, 3.8) is 0 Å². The maximum Gasteiger partial charge on any atom is 0.235 e. The molecule has 5 nitrogen and oxygen atoms in total. The average molecular weight is 242 g/mol. The third-order valence-electron chi connectivity index (χ3n) is 2.03. The molecule has 0 aliphatic rings. The largest absolute Gasteiger partial charge is 0.368 e. The molecule has 0 aliphatic carbocycles. The minimum atomic E-state index is -3.40. The summed E-state index contributed by atoms with van der Waals surface area (Å²) in [5, 5.41) is 0. The maximum atomic E-state index is 11.6. The van der Waals surface area contributed by atoms with E-state index in [1.54, 1.807) is 30.3 Å². The minimum absolute atomic E-state index is 0.130. The van der Waals surface area contributed by atoms with Crippen molar-refractivity contribution in [1.29, 1.82) is 0 Å². The first kappa shape index (κ1) is 12.7. The first-order valence-electron chi connectivity index (χ1n) is 4.70. The number of rotatable bonds is 5. The summed E-state index contributed by atoms with van der Waals surface area (Å²) in [6.07, 6.45) is 0. The molecule has 0 heterocycles. The second-order valence-corrected chi connectivity index (χ2v) is 5.66. The molecule has 0 aliphatic heterocycles. The smallest absolute Gasteiger partial charge is 0.235 e. The molecule has 1 amide bonds. The van der Waals surface area contributed by atoms with E-state index < -0.39 is 27.5 Å². The highest BCUT2D eigenvalue weighted by Gasteiger charge is 2.20. The number of carbonyl (C=O) groups excluding carboxylic acids is 1. The predicted molar refractivity (Wildman–Crippen MR) is 61.1 cm³/mol. The summed E-state index contributed by atoms with van der Waals surface area (Å²) in [7, 11) is -3.40. The van der Waals surface area contributed by atoms with Crippen molar-refractivity contribution in [1.82, 2.24) is 0 Å². The zero-order chi connectivity index (χ0) is 12.2. The quantitative estimate of drug-likeness (QED) is 0.720. The van der Waals surface area contributed by atoms with E-state index in [-0.39, 0.29) is 5.75 Å². The SMILES string of the molecule is NC(=O)C(N)CS(=O)(=O)Cc1ccccc1. The van der Waals surface area contributed by atoms with E-state index in [0.717, 1.165) is 0 Å². The van der Waals surface area contributed by atoms with Crippen molar-refractivity contribution < 1.29 is 13.2 Å². The molecule has 4 N–H and O–H groups in total. The molecule has 1 atom stereocenters. The summed E-state index contributed by atoms with van der Waals surface area (Å²) in [4.78, 5) is 10.7. The van der Waals surface area contributed by atoms with E-state index in [1.807, 2.05) is 0 Å². The number of carbonyl (C=O) groups is 1. The van der Waals surface area contributed by atoms with Crippen LogP contribution in [-0.4, -0.2) is 26.1 Å². The van der Waals surface area contributed by atoms with Crippen LogP contribution in [0.2, 0.25) is 0 Å². The Hall–Kier alpha value is -1.40. The van der Waals surface area contributed by atoms with Gasteiger partial charge in [-0.25, -0.2) is 8.42 Å². The van der Waals surface area contributed by atoms with E-state index in [4.69, 9.17) is 11.5 Å². The van der Waals surface area contributed by atoms with Gasteiger partial charge < -0.3 is 11.5 Å². The van der Waals surface area contributed by atoms with E-state index in [1.165, 1.54) is 0 Å². The summed E-state index contributed by atoms with van der Waals surface area (Å²) in [6, 6.07) is 7.55. The highest BCUT2D eigenvalue weighted by molar-refractivity contribution is 7.90. The Morgan fingerprint density at radius 3 is 2.31 bits per heavy atom. The molecule has 0 bridgehead atoms. The van der Waals surface area contributed by atoms with Crippen LogP contribution in [0.5, 0.6) is 0 Å². The first-order chi connectivity index (χ1) is 7.41. The van der Waals surface area contributed by atoms with Gasteiger partial charge in [-0.05, 0) is 5.56 Å². The molecule has 88 valence electrons. The number of sulfone groups is 1. The van der Waals surface area contributed by atoms with Gasteiger partial charge in [0.25, 0.3) is 0 Å². The molecule has 1 aromatic carbocycles. The fraction of sp³-hybridized carbons (Fsp3) is 0.300. The van der Waals surface area contributed by atoms with Crippen LogP contribution in [0.15, 0.2) is 30.3 Å². The predicted octanol–water partition coefficient (Wildman–Crippen LogP) is -0.586. The lowest BCUT2D eigenvalue weighted by Crippen LogP contribution is -2.42. The van der Waals surface area contributed by atoms with Gasteiger partial charge in [-0.15, -0.1) is 0 Å². The van der Waals surface area contributed by atoms with Gasteiger partial charge in [0.15, 0.2) is 9.84 Å². The molecule has 1 unspecified atom stereocenters. The Morgan fingerprint density at radius 1 is 1.25 bits per heavy atom. The van der Waals surface area contributed by atoms with Gasteiger partial charge in [-0.2, -0.15) is 0 Å². The number of hydrogen-bond donors (Lipinski definition) is 2. The van der Waals surface area contributed by atoms with Crippen LogP contribution in [0.4, 0.5) is 0 Å². The van der Waals surface area contributed by atoms with Crippen LogP contribution in [0.25, 0.3) is 0 Å². The standard InChI is InChI=1S/C10H14N2O3S/c11-9(10(12)13)7-16(14,15)6-8-4-2-1-3-5-8/h1-5,9H,6-7,11H2,(H2,12,13). The maximum absolute atomic E-state index is 11.6. The van der Waals surface area contributed by atoms with Gasteiger partial charge in [-0.3, -0.25) is 4.79 Å². The molecule has 16 heavy (non-hydrogen) atoms. The zero-order valence-corrected chi connectivity index (χ0v) is 9.48. The third kappa shape index (κ3) is 4.00. The second-order valence-electron chi connectivity index (χ2n) is 3.55.